The van der Waals surface area contributed by atoms with Crippen LogP contribution in [-0.2, 0) is 19.9 Å². The Morgan fingerprint density at radius 3 is 2.48 bits per heavy atom. The Bertz CT molecular complexity index is 614. The van der Waals surface area contributed by atoms with Crippen molar-refractivity contribution in [2.75, 3.05) is 19.6 Å². The lowest BCUT2D eigenvalue weighted by atomic mass is 9.80. The van der Waals surface area contributed by atoms with Gasteiger partial charge in [-0.05, 0) is 24.8 Å². The topological polar surface area (TPSA) is 87.1 Å². The number of carboxylic acids is 1. The van der Waals surface area contributed by atoms with Crippen molar-refractivity contribution < 1.29 is 24.5 Å². The van der Waals surface area contributed by atoms with Gasteiger partial charge in [-0.2, -0.15) is 0 Å². The summed E-state index contributed by atoms with van der Waals surface area (Å²) in [7, 11) is 0. The van der Waals surface area contributed by atoms with Gasteiger partial charge in [-0.3, -0.25) is 9.69 Å². The van der Waals surface area contributed by atoms with Crippen molar-refractivity contribution in [3.8, 4) is 0 Å². The number of hydrogen-bond donors (Lipinski definition) is 2. The normalized spacial score (nSPS) is 24.1. The molecule has 0 radical (unpaired) electrons. The lowest BCUT2D eigenvalue weighted by Crippen LogP contribution is -2.45. The minimum absolute atomic E-state index is 0.0559. The van der Waals surface area contributed by atoms with Crippen LogP contribution < -0.4 is 0 Å². The molecule has 2 N–H and O–H groups in total. The Morgan fingerprint density at radius 1 is 1.16 bits per heavy atom. The van der Waals surface area contributed by atoms with Gasteiger partial charge in [0.2, 0.25) is 0 Å². The maximum atomic E-state index is 12.9. The minimum atomic E-state index is -1.63. The van der Waals surface area contributed by atoms with Crippen LogP contribution in [0.3, 0.4) is 0 Å². The van der Waals surface area contributed by atoms with Crippen LogP contribution in [0.25, 0.3) is 0 Å². The van der Waals surface area contributed by atoms with Gasteiger partial charge < -0.3 is 14.9 Å². The van der Waals surface area contributed by atoms with E-state index < -0.39 is 17.5 Å². The van der Waals surface area contributed by atoms with E-state index in [4.69, 9.17) is 9.84 Å². The highest BCUT2D eigenvalue weighted by Crippen LogP contribution is 2.41. The van der Waals surface area contributed by atoms with Crippen LogP contribution in [0.2, 0.25) is 0 Å². The molecule has 6 heteroatoms. The average molecular weight is 347 g/mol. The molecule has 6 nitrogen and oxygen atoms in total. The summed E-state index contributed by atoms with van der Waals surface area (Å²) in [6, 6.07) is 9.01. The van der Waals surface area contributed by atoms with E-state index in [1.165, 1.54) is 0 Å². The van der Waals surface area contributed by atoms with Crippen molar-refractivity contribution in [2.24, 2.45) is 5.92 Å². The van der Waals surface area contributed by atoms with E-state index in [2.05, 4.69) is 0 Å². The molecule has 2 fully saturated rings. The zero-order valence-electron chi connectivity index (χ0n) is 14.3. The third kappa shape index (κ3) is 3.85. The number of hydrogen-bond acceptors (Lipinski definition) is 5. The Labute approximate surface area is 147 Å². The number of nitrogens with zero attached hydrogens (tertiary/aromatic N) is 1. The van der Waals surface area contributed by atoms with Gasteiger partial charge in [0, 0.05) is 19.0 Å². The van der Waals surface area contributed by atoms with Gasteiger partial charge in [0.15, 0.2) is 5.60 Å². The van der Waals surface area contributed by atoms with Crippen molar-refractivity contribution in [3.05, 3.63) is 35.9 Å². The third-order valence-corrected chi connectivity index (χ3v) is 5.33. The number of carbonyl (C=O) groups is 2. The molecule has 0 amide bonds. The van der Waals surface area contributed by atoms with E-state index in [1.54, 1.807) is 17.0 Å². The molecule has 1 saturated heterocycles. The zero-order chi connectivity index (χ0) is 17.9. The maximum Gasteiger partial charge on any atom is 0.343 e. The van der Waals surface area contributed by atoms with Crippen LogP contribution in [0.4, 0.5) is 0 Å². The number of rotatable bonds is 6. The van der Waals surface area contributed by atoms with Crippen LogP contribution in [0, 0.1) is 5.92 Å². The predicted octanol–water partition coefficient (Wildman–Crippen LogP) is 1.77. The molecule has 0 unspecified atom stereocenters. The number of aliphatic carboxylic acids is 1. The van der Waals surface area contributed by atoms with Crippen molar-refractivity contribution in [2.45, 2.75) is 43.8 Å². The number of likely N-dealkylation sites (tertiary alicyclic amines) is 1. The molecule has 2 aliphatic rings. The van der Waals surface area contributed by atoms with E-state index in [-0.39, 0.29) is 18.6 Å². The van der Waals surface area contributed by atoms with Crippen molar-refractivity contribution in [1.82, 2.24) is 4.90 Å². The maximum absolute atomic E-state index is 12.9. The van der Waals surface area contributed by atoms with Crippen LogP contribution >= 0.6 is 0 Å². The predicted molar refractivity (Wildman–Crippen MR) is 90.9 cm³/mol. The molecule has 1 aromatic carbocycles. The fourth-order valence-electron chi connectivity index (χ4n) is 4.03. The summed E-state index contributed by atoms with van der Waals surface area (Å²) in [6.07, 6.45) is 3.83. The highest BCUT2D eigenvalue weighted by molar-refractivity contribution is 5.82. The van der Waals surface area contributed by atoms with Gasteiger partial charge in [0.1, 0.15) is 6.10 Å². The second-order valence-electron chi connectivity index (χ2n) is 7.06. The largest absolute Gasteiger partial charge is 0.480 e. The van der Waals surface area contributed by atoms with Crippen LogP contribution in [-0.4, -0.2) is 52.8 Å². The van der Waals surface area contributed by atoms with Gasteiger partial charge in [-0.25, -0.2) is 4.79 Å². The summed E-state index contributed by atoms with van der Waals surface area (Å²) < 4.78 is 5.63. The highest BCUT2D eigenvalue weighted by Gasteiger charge is 2.48. The van der Waals surface area contributed by atoms with E-state index in [1.807, 2.05) is 18.2 Å². The van der Waals surface area contributed by atoms with Crippen LogP contribution in [0.15, 0.2) is 30.3 Å². The number of carboxylic acid groups (broad SMARTS) is 1. The zero-order valence-corrected chi connectivity index (χ0v) is 14.3. The van der Waals surface area contributed by atoms with E-state index in [0.29, 0.717) is 25.1 Å². The summed E-state index contributed by atoms with van der Waals surface area (Å²) >= 11 is 0. The fraction of sp³-hybridized carbons (Fsp3) is 0.579. The molecule has 1 aliphatic carbocycles. The average Bonchev–Trinajstić information content (AvgIpc) is 3.26. The van der Waals surface area contributed by atoms with E-state index >= 15 is 0 Å². The van der Waals surface area contributed by atoms with E-state index in [9.17, 15) is 14.7 Å². The molecule has 0 bridgehead atoms. The Balaban J connectivity index is 1.73. The van der Waals surface area contributed by atoms with Crippen LogP contribution in [0.1, 0.15) is 37.7 Å². The highest BCUT2D eigenvalue weighted by atomic mass is 16.6. The van der Waals surface area contributed by atoms with Gasteiger partial charge in [0.25, 0.3) is 0 Å². The van der Waals surface area contributed by atoms with Gasteiger partial charge >= 0.3 is 11.9 Å². The van der Waals surface area contributed by atoms with Crippen molar-refractivity contribution in [1.29, 1.82) is 0 Å². The monoisotopic (exact) mass is 347 g/mol. The summed E-state index contributed by atoms with van der Waals surface area (Å²) in [4.78, 5) is 25.5. The summed E-state index contributed by atoms with van der Waals surface area (Å²) in [5.74, 6) is -1.63. The molecular weight excluding hydrogens is 322 g/mol. The summed E-state index contributed by atoms with van der Waals surface area (Å²) in [5.41, 5.74) is -1.05. The Hall–Kier alpha value is -1.92. The Morgan fingerprint density at radius 2 is 1.84 bits per heavy atom. The lowest BCUT2D eigenvalue weighted by Gasteiger charge is -2.33. The lowest BCUT2D eigenvalue weighted by molar-refractivity contribution is -0.178. The standard InChI is InChI=1S/C19H25NO5/c21-17(22)13-20-11-10-16(12-20)25-18(23)19(24,15-8-4-5-9-15)14-6-2-1-3-7-14/h1-3,6-7,15-16,24H,4-5,8-13H2,(H,21,22)/t16-,19+/m1/s1. The molecular formula is C19H25NO5. The first-order chi connectivity index (χ1) is 12.0. The number of esters is 1. The van der Waals surface area contributed by atoms with Gasteiger partial charge in [-0.1, -0.05) is 43.2 Å². The quantitative estimate of drug-likeness (QED) is 0.763. The second-order valence-corrected chi connectivity index (χ2v) is 7.06. The van der Waals surface area contributed by atoms with Crippen molar-refractivity contribution in [3.63, 3.8) is 0 Å². The number of benzene rings is 1. The fourth-order valence-corrected chi connectivity index (χ4v) is 4.03. The summed E-state index contributed by atoms with van der Waals surface area (Å²) in [5, 5.41) is 20.2. The first-order valence-corrected chi connectivity index (χ1v) is 8.93. The van der Waals surface area contributed by atoms with Gasteiger partial charge in [-0.15, -0.1) is 0 Å². The first kappa shape index (κ1) is 17.9. The van der Waals surface area contributed by atoms with Crippen molar-refractivity contribution >= 4 is 11.9 Å². The molecule has 2 atom stereocenters. The SMILES string of the molecule is O=C(O)CN1CC[C@@H](OC(=O)[C@](O)(c2ccccc2)C2CCCC2)C1. The second kappa shape index (κ2) is 7.54. The summed E-state index contributed by atoms with van der Waals surface area (Å²) in [6.45, 7) is 0.921. The molecule has 1 aliphatic heterocycles. The number of carbonyl (C=O) groups excluding carboxylic acids is 1. The molecule has 1 saturated carbocycles. The smallest absolute Gasteiger partial charge is 0.343 e. The number of ether oxygens (including phenoxy) is 1. The third-order valence-electron chi connectivity index (χ3n) is 5.33. The first-order valence-electron chi connectivity index (χ1n) is 8.93. The molecule has 0 spiro atoms. The van der Waals surface area contributed by atoms with Crippen LogP contribution in [0.5, 0.6) is 0 Å². The molecule has 1 heterocycles. The molecule has 3 rings (SSSR count). The Kier molecular flexibility index (Phi) is 5.39. The van der Waals surface area contributed by atoms with E-state index in [0.717, 1.165) is 25.7 Å². The molecule has 25 heavy (non-hydrogen) atoms. The number of aliphatic hydroxyl groups is 1. The minimum Gasteiger partial charge on any atom is -0.480 e. The molecule has 1 aromatic rings. The molecule has 0 aromatic heterocycles. The molecule has 136 valence electrons. The van der Waals surface area contributed by atoms with Gasteiger partial charge in [0.05, 0.1) is 6.54 Å².